The van der Waals surface area contributed by atoms with Crippen LogP contribution < -0.4 is 11.1 Å². The van der Waals surface area contributed by atoms with Gasteiger partial charge in [-0.25, -0.2) is 0 Å². The van der Waals surface area contributed by atoms with Crippen molar-refractivity contribution in [2.24, 2.45) is 11.7 Å². The zero-order valence-corrected chi connectivity index (χ0v) is 11.8. The number of hydrogen-bond donors (Lipinski definition) is 2. The monoisotopic (exact) mass is 292 g/mol. The maximum atomic E-state index is 12.2. The maximum Gasteiger partial charge on any atom is 0.251 e. The van der Waals surface area contributed by atoms with Crippen LogP contribution in [0.1, 0.15) is 23.2 Å². The molecule has 3 N–H and O–H groups in total. The van der Waals surface area contributed by atoms with E-state index in [9.17, 15) is 4.79 Å². The van der Waals surface area contributed by atoms with Crippen LogP contribution in [0.5, 0.6) is 0 Å². The smallest absolute Gasteiger partial charge is 0.251 e. The summed E-state index contributed by atoms with van der Waals surface area (Å²) in [6.07, 6.45) is 5.58. The highest BCUT2D eigenvalue weighted by Crippen LogP contribution is 2.32. The fourth-order valence-corrected chi connectivity index (χ4v) is 2.22. The van der Waals surface area contributed by atoms with Gasteiger partial charge < -0.3 is 11.1 Å². The van der Waals surface area contributed by atoms with Crippen molar-refractivity contribution in [2.75, 3.05) is 6.54 Å². The molecular formula is C14H17ClN4O. The van der Waals surface area contributed by atoms with Crippen molar-refractivity contribution in [1.29, 1.82) is 0 Å². The first-order chi connectivity index (χ1) is 9.28. The average molecular weight is 293 g/mol. The molecule has 20 heavy (non-hydrogen) atoms. The second kappa shape index (κ2) is 6.15. The second-order valence-corrected chi connectivity index (χ2v) is 4.91. The summed E-state index contributed by atoms with van der Waals surface area (Å²) < 4.78 is 0. The minimum absolute atomic E-state index is 0. The van der Waals surface area contributed by atoms with Gasteiger partial charge in [0, 0.05) is 30.5 Å². The number of halogens is 1. The molecule has 1 aliphatic carbocycles. The summed E-state index contributed by atoms with van der Waals surface area (Å²) >= 11 is 0. The van der Waals surface area contributed by atoms with Crippen LogP contribution in [0.2, 0.25) is 0 Å². The Kier molecular flexibility index (Phi) is 4.52. The normalized spacial score (nSPS) is 15.4. The number of carbonyl (C=O) groups excluding carboxylic acids is 1. The maximum absolute atomic E-state index is 12.2. The molecule has 106 valence electrons. The average Bonchev–Trinajstić information content (AvgIpc) is 3.28. The lowest BCUT2D eigenvalue weighted by Gasteiger charge is -2.16. The summed E-state index contributed by atoms with van der Waals surface area (Å²) in [5.41, 5.74) is 7.81. The van der Waals surface area contributed by atoms with E-state index in [4.69, 9.17) is 5.73 Å². The minimum Gasteiger partial charge on any atom is -0.348 e. The second-order valence-electron chi connectivity index (χ2n) is 4.91. The van der Waals surface area contributed by atoms with Gasteiger partial charge in [-0.05, 0) is 37.0 Å². The lowest BCUT2D eigenvalue weighted by molar-refractivity contribution is 0.0933. The molecule has 1 aromatic heterocycles. The van der Waals surface area contributed by atoms with E-state index in [0.717, 1.165) is 23.9 Å². The summed E-state index contributed by atoms with van der Waals surface area (Å²) in [5, 5.41) is 3.00. The summed E-state index contributed by atoms with van der Waals surface area (Å²) in [5.74, 6) is 0.462. The molecular weight excluding hydrogens is 276 g/mol. The van der Waals surface area contributed by atoms with Gasteiger partial charge in [-0.3, -0.25) is 14.8 Å². The molecule has 0 bridgehead atoms. The molecule has 1 aliphatic rings. The quantitative estimate of drug-likeness (QED) is 0.895. The molecule has 0 spiro atoms. The summed E-state index contributed by atoms with van der Waals surface area (Å²) in [6.45, 7) is 0.490. The van der Waals surface area contributed by atoms with Crippen LogP contribution in [0.3, 0.4) is 0 Å². The highest BCUT2D eigenvalue weighted by atomic mass is 35.5. The van der Waals surface area contributed by atoms with E-state index in [-0.39, 0.29) is 24.4 Å². The Balaban J connectivity index is 0.00000147. The van der Waals surface area contributed by atoms with Crippen LogP contribution >= 0.6 is 12.4 Å². The molecule has 0 aliphatic heterocycles. The van der Waals surface area contributed by atoms with Gasteiger partial charge in [0.1, 0.15) is 0 Å². The van der Waals surface area contributed by atoms with E-state index >= 15 is 0 Å². The zero-order valence-electron chi connectivity index (χ0n) is 11.0. The Labute approximate surface area is 123 Å². The third-order valence-corrected chi connectivity index (χ3v) is 3.49. The third kappa shape index (κ3) is 3.05. The molecule has 1 fully saturated rings. The Morgan fingerprint density at radius 3 is 2.65 bits per heavy atom. The molecule has 3 rings (SSSR count). The van der Waals surface area contributed by atoms with E-state index in [2.05, 4.69) is 15.3 Å². The number of rotatable bonds is 4. The van der Waals surface area contributed by atoms with Crippen molar-refractivity contribution < 1.29 is 4.79 Å². The van der Waals surface area contributed by atoms with Gasteiger partial charge in [-0.15, -0.1) is 12.4 Å². The predicted octanol–water partition coefficient (Wildman–Crippen LogP) is 1.52. The van der Waals surface area contributed by atoms with Crippen LogP contribution in [0.25, 0.3) is 11.0 Å². The van der Waals surface area contributed by atoms with Gasteiger partial charge in [0.15, 0.2) is 0 Å². The Morgan fingerprint density at radius 1 is 1.30 bits per heavy atom. The third-order valence-electron chi connectivity index (χ3n) is 3.49. The molecule has 1 saturated carbocycles. The van der Waals surface area contributed by atoms with Crippen LogP contribution in [0, 0.1) is 5.92 Å². The van der Waals surface area contributed by atoms with E-state index in [0.29, 0.717) is 18.0 Å². The van der Waals surface area contributed by atoms with E-state index in [1.165, 1.54) is 0 Å². The molecule has 1 atom stereocenters. The van der Waals surface area contributed by atoms with Crippen LogP contribution in [-0.4, -0.2) is 28.5 Å². The van der Waals surface area contributed by atoms with Crippen LogP contribution in [-0.2, 0) is 0 Å². The standard InChI is InChI=1S/C14H16N4O.ClH/c15-8-13(9-1-2-9)18-14(19)10-3-4-11-12(7-10)17-6-5-16-11;/h3-7,9,13H,1-2,8,15H2,(H,18,19);1H. The largest absolute Gasteiger partial charge is 0.348 e. The molecule has 0 radical (unpaired) electrons. The van der Waals surface area contributed by atoms with Gasteiger partial charge in [0.25, 0.3) is 5.91 Å². The fraction of sp³-hybridized carbons (Fsp3) is 0.357. The van der Waals surface area contributed by atoms with Crippen molar-refractivity contribution in [3.63, 3.8) is 0 Å². The lowest BCUT2D eigenvalue weighted by atomic mass is 10.1. The summed E-state index contributed by atoms with van der Waals surface area (Å²) in [4.78, 5) is 20.6. The molecule has 1 unspecified atom stereocenters. The van der Waals surface area contributed by atoms with Crippen molar-refractivity contribution in [3.05, 3.63) is 36.2 Å². The number of benzene rings is 1. The number of fused-ring (bicyclic) bond motifs is 1. The number of nitrogens with zero attached hydrogens (tertiary/aromatic N) is 2. The number of hydrogen-bond acceptors (Lipinski definition) is 4. The van der Waals surface area contributed by atoms with Gasteiger partial charge >= 0.3 is 0 Å². The first-order valence-corrected chi connectivity index (χ1v) is 6.49. The molecule has 1 heterocycles. The Bertz CT molecular complexity index is 615. The molecule has 0 saturated heterocycles. The van der Waals surface area contributed by atoms with Crippen molar-refractivity contribution in [2.45, 2.75) is 18.9 Å². The number of amides is 1. The van der Waals surface area contributed by atoms with E-state index in [1.807, 2.05) is 6.07 Å². The topological polar surface area (TPSA) is 80.9 Å². The molecule has 2 aromatic rings. The van der Waals surface area contributed by atoms with Gasteiger partial charge in [0.05, 0.1) is 11.0 Å². The Morgan fingerprint density at radius 2 is 2.00 bits per heavy atom. The number of nitrogens with one attached hydrogen (secondary N) is 1. The zero-order chi connectivity index (χ0) is 13.2. The number of nitrogens with two attached hydrogens (primary N) is 1. The van der Waals surface area contributed by atoms with E-state index in [1.54, 1.807) is 24.5 Å². The minimum atomic E-state index is -0.0881. The van der Waals surface area contributed by atoms with Gasteiger partial charge in [-0.2, -0.15) is 0 Å². The molecule has 6 heteroatoms. The van der Waals surface area contributed by atoms with Crippen molar-refractivity contribution in [3.8, 4) is 0 Å². The lowest BCUT2D eigenvalue weighted by Crippen LogP contribution is -2.41. The highest BCUT2D eigenvalue weighted by Gasteiger charge is 2.31. The first kappa shape index (κ1) is 14.7. The van der Waals surface area contributed by atoms with Crippen molar-refractivity contribution in [1.82, 2.24) is 15.3 Å². The molecule has 1 aromatic carbocycles. The van der Waals surface area contributed by atoms with E-state index < -0.39 is 0 Å². The Hall–Kier alpha value is -1.72. The fourth-order valence-electron chi connectivity index (χ4n) is 2.22. The predicted molar refractivity (Wildman–Crippen MR) is 79.8 cm³/mol. The first-order valence-electron chi connectivity index (χ1n) is 6.49. The summed E-state index contributed by atoms with van der Waals surface area (Å²) in [7, 11) is 0. The number of carbonyl (C=O) groups is 1. The van der Waals surface area contributed by atoms with Gasteiger partial charge in [-0.1, -0.05) is 0 Å². The highest BCUT2D eigenvalue weighted by molar-refractivity contribution is 5.97. The van der Waals surface area contributed by atoms with Crippen LogP contribution in [0.15, 0.2) is 30.6 Å². The van der Waals surface area contributed by atoms with Crippen molar-refractivity contribution >= 4 is 29.3 Å². The number of aromatic nitrogens is 2. The molecule has 1 amide bonds. The van der Waals surface area contributed by atoms with Gasteiger partial charge in [0.2, 0.25) is 0 Å². The van der Waals surface area contributed by atoms with Crippen LogP contribution in [0.4, 0.5) is 0 Å². The molecule has 5 nitrogen and oxygen atoms in total. The SMILES string of the molecule is Cl.NCC(NC(=O)c1ccc2nccnc2c1)C1CC1. The summed E-state index contributed by atoms with van der Waals surface area (Å²) in [6, 6.07) is 5.43.